The number of non-ortho nitro benzene ring substituents is 1. The summed E-state index contributed by atoms with van der Waals surface area (Å²) in [5.74, 6) is 1.71. The van der Waals surface area contributed by atoms with Crippen LogP contribution in [0.4, 0.5) is 5.69 Å². The van der Waals surface area contributed by atoms with Crippen LogP contribution in [0.15, 0.2) is 40.8 Å². The lowest BCUT2D eigenvalue weighted by molar-refractivity contribution is -0.384. The number of hydrogen-bond donors (Lipinski definition) is 0. The van der Waals surface area contributed by atoms with Crippen molar-refractivity contribution in [1.29, 1.82) is 0 Å². The molecule has 0 atom stereocenters. The maximum atomic E-state index is 10.8. The normalized spacial score (nSPS) is 11.2. The number of nitrogens with zero attached hydrogens (tertiary/aromatic N) is 2. The molecule has 0 fully saturated rings. The summed E-state index contributed by atoms with van der Waals surface area (Å²) in [6.07, 6.45) is 4.44. The first-order valence-electron chi connectivity index (χ1n) is 8.14. The van der Waals surface area contributed by atoms with E-state index in [9.17, 15) is 10.1 Å². The Balaban J connectivity index is 1.85. The molecule has 0 spiro atoms. The van der Waals surface area contributed by atoms with Crippen molar-refractivity contribution in [3.8, 4) is 11.5 Å². The molecule has 134 valence electrons. The number of oxazole rings is 1. The van der Waals surface area contributed by atoms with Crippen molar-refractivity contribution in [1.82, 2.24) is 4.98 Å². The van der Waals surface area contributed by atoms with Crippen molar-refractivity contribution >= 4 is 28.9 Å². The van der Waals surface area contributed by atoms with E-state index in [1.807, 2.05) is 31.2 Å². The van der Waals surface area contributed by atoms with E-state index in [4.69, 9.17) is 13.9 Å². The predicted octanol–water partition coefficient (Wildman–Crippen LogP) is 4.70. The van der Waals surface area contributed by atoms with Gasteiger partial charge in [0.25, 0.3) is 5.69 Å². The van der Waals surface area contributed by atoms with Crippen LogP contribution in [0, 0.1) is 10.1 Å². The Morgan fingerprint density at radius 1 is 1.19 bits per heavy atom. The molecule has 0 amide bonds. The highest BCUT2D eigenvalue weighted by molar-refractivity contribution is 5.78. The minimum atomic E-state index is -0.460. The van der Waals surface area contributed by atoms with Crippen LogP contribution in [0.1, 0.15) is 24.8 Å². The van der Waals surface area contributed by atoms with Crippen LogP contribution in [0.3, 0.4) is 0 Å². The van der Waals surface area contributed by atoms with E-state index in [1.165, 1.54) is 12.1 Å². The largest absolute Gasteiger partial charge is 0.493 e. The van der Waals surface area contributed by atoms with E-state index in [1.54, 1.807) is 19.3 Å². The van der Waals surface area contributed by atoms with Gasteiger partial charge in [0.15, 0.2) is 17.1 Å². The molecule has 0 saturated heterocycles. The molecule has 3 aromatic rings. The lowest BCUT2D eigenvalue weighted by atomic mass is 10.2. The number of nitro benzene ring substituents is 1. The van der Waals surface area contributed by atoms with Crippen LogP contribution in [0.25, 0.3) is 23.3 Å². The Bertz CT molecular complexity index is 962. The Morgan fingerprint density at radius 3 is 2.77 bits per heavy atom. The van der Waals surface area contributed by atoms with E-state index in [-0.39, 0.29) is 5.69 Å². The molecule has 1 aromatic heterocycles. The van der Waals surface area contributed by atoms with Crippen molar-refractivity contribution in [3.05, 3.63) is 58.0 Å². The second kappa shape index (κ2) is 7.69. The number of rotatable bonds is 7. The first-order chi connectivity index (χ1) is 12.6. The van der Waals surface area contributed by atoms with Crippen molar-refractivity contribution < 1.29 is 18.8 Å². The highest BCUT2D eigenvalue weighted by Crippen LogP contribution is 2.29. The van der Waals surface area contributed by atoms with E-state index in [2.05, 4.69) is 4.98 Å². The minimum Gasteiger partial charge on any atom is -0.493 e. The summed E-state index contributed by atoms with van der Waals surface area (Å²) < 4.78 is 16.6. The van der Waals surface area contributed by atoms with Gasteiger partial charge in [-0.05, 0) is 36.3 Å². The molecular formula is C19H18N2O5. The number of fused-ring (bicyclic) bond motifs is 1. The van der Waals surface area contributed by atoms with Gasteiger partial charge in [-0.3, -0.25) is 10.1 Å². The van der Waals surface area contributed by atoms with Gasteiger partial charge in [-0.1, -0.05) is 13.0 Å². The topological polar surface area (TPSA) is 87.6 Å². The van der Waals surface area contributed by atoms with Gasteiger partial charge in [0.2, 0.25) is 5.89 Å². The first kappa shape index (κ1) is 17.5. The SMILES string of the molecule is CCCOc1cc(/C=C/c2nc3cc([N+](=O)[O-])ccc3o2)ccc1OC. The summed E-state index contributed by atoms with van der Waals surface area (Å²) in [6.45, 7) is 2.64. The number of aromatic nitrogens is 1. The predicted molar refractivity (Wildman–Crippen MR) is 98.4 cm³/mol. The summed E-state index contributed by atoms with van der Waals surface area (Å²) in [5.41, 5.74) is 1.82. The van der Waals surface area contributed by atoms with Gasteiger partial charge >= 0.3 is 0 Å². The third-order valence-corrected chi connectivity index (χ3v) is 3.67. The number of methoxy groups -OCH3 is 1. The Hall–Kier alpha value is -3.35. The van der Waals surface area contributed by atoms with Crippen molar-refractivity contribution in [2.75, 3.05) is 13.7 Å². The van der Waals surface area contributed by atoms with Crippen LogP contribution in [-0.4, -0.2) is 23.6 Å². The van der Waals surface area contributed by atoms with Crippen LogP contribution >= 0.6 is 0 Å². The van der Waals surface area contributed by atoms with Crippen molar-refractivity contribution in [2.24, 2.45) is 0 Å². The fourth-order valence-electron chi connectivity index (χ4n) is 2.41. The zero-order valence-electron chi connectivity index (χ0n) is 14.5. The van der Waals surface area contributed by atoms with E-state index in [0.29, 0.717) is 35.1 Å². The molecule has 0 saturated carbocycles. The first-order valence-corrected chi connectivity index (χ1v) is 8.14. The van der Waals surface area contributed by atoms with Gasteiger partial charge in [-0.2, -0.15) is 0 Å². The van der Waals surface area contributed by atoms with Crippen LogP contribution < -0.4 is 9.47 Å². The summed E-state index contributed by atoms with van der Waals surface area (Å²) in [7, 11) is 1.60. The maximum Gasteiger partial charge on any atom is 0.271 e. The monoisotopic (exact) mass is 354 g/mol. The molecule has 1 heterocycles. The summed E-state index contributed by atoms with van der Waals surface area (Å²) in [6, 6.07) is 9.92. The van der Waals surface area contributed by atoms with E-state index in [0.717, 1.165) is 12.0 Å². The quantitative estimate of drug-likeness (QED) is 0.451. The van der Waals surface area contributed by atoms with Crippen LogP contribution in [0.5, 0.6) is 11.5 Å². The van der Waals surface area contributed by atoms with Gasteiger partial charge in [0.1, 0.15) is 5.52 Å². The zero-order chi connectivity index (χ0) is 18.5. The Morgan fingerprint density at radius 2 is 2.04 bits per heavy atom. The molecule has 26 heavy (non-hydrogen) atoms. The molecule has 0 N–H and O–H groups in total. The molecule has 3 rings (SSSR count). The standard InChI is InChI=1S/C19H18N2O5/c1-3-10-25-18-11-13(4-7-17(18)24-2)5-9-19-20-15-12-14(21(22)23)6-8-16(15)26-19/h4-9,11-12H,3,10H2,1-2H3/b9-5+. The molecule has 2 aromatic carbocycles. The molecule has 0 radical (unpaired) electrons. The van der Waals surface area contributed by atoms with Gasteiger partial charge in [0, 0.05) is 18.2 Å². The third kappa shape index (κ3) is 3.83. The molecule has 7 heteroatoms. The van der Waals surface area contributed by atoms with E-state index >= 15 is 0 Å². The summed E-state index contributed by atoms with van der Waals surface area (Å²) in [4.78, 5) is 14.6. The van der Waals surface area contributed by atoms with Crippen molar-refractivity contribution in [3.63, 3.8) is 0 Å². The van der Waals surface area contributed by atoms with Crippen LogP contribution in [-0.2, 0) is 0 Å². The lowest BCUT2D eigenvalue weighted by Gasteiger charge is -2.10. The van der Waals surface area contributed by atoms with Gasteiger partial charge in [-0.25, -0.2) is 4.98 Å². The second-order valence-corrected chi connectivity index (χ2v) is 5.55. The summed E-state index contributed by atoms with van der Waals surface area (Å²) >= 11 is 0. The van der Waals surface area contributed by atoms with Crippen molar-refractivity contribution in [2.45, 2.75) is 13.3 Å². The number of hydrogen-bond acceptors (Lipinski definition) is 6. The fourth-order valence-corrected chi connectivity index (χ4v) is 2.41. The molecule has 0 aliphatic carbocycles. The van der Waals surface area contributed by atoms with Gasteiger partial charge in [-0.15, -0.1) is 0 Å². The lowest BCUT2D eigenvalue weighted by Crippen LogP contribution is -1.97. The highest BCUT2D eigenvalue weighted by atomic mass is 16.6. The smallest absolute Gasteiger partial charge is 0.271 e. The number of ether oxygens (including phenoxy) is 2. The Kier molecular flexibility index (Phi) is 5.17. The van der Waals surface area contributed by atoms with Crippen LogP contribution in [0.2, 0.25) is 0 Å². The Labute approximate surface area is 150 Å². The third-order valence-electron chi connectivity index (χ3n) is 3.67. The average molecular weight is 354 g/mol. The van der Waals surface area contributed by atoms with Gasteiger partial charge < -0.3 is 13.9 Å². The zero-order valence-corrected chi connectivity index (χ0v) is 14.5. The molecule has 0 aliphatic heterocycles. The molecule has 0 aliphatic rings. The highest BCUT2D eigenvalue weighted by Gasteiger charge is 2.10. The second-order valence-electron chi connectivity index (χ2n) is 5.55. The van der Waals surface area contributed by atoms with E-state index < -0.39 is 4.92 Å². The fraction of sp³-hybridized carbons (Fsp3) is 0.211. The van der Waals surface area contributed by atoms with Gasteiger partial charge in [0.05, 0.1) is 18.6 Å². The number of nitro groups is 1. The maximum absolute atomic E-state index is 10.8. The average Bonchev–Trinajstić information content (AvgIpc) is 3.06. The molecule has 7 nitrogen and oxygen atoms in total. The minimum absolute atomic E-state index is 0.0193. The molecular weight excluding hydrogens is 336 g/mol. The molecule has 0 unspecified atom stereocenters. The molecule has 0 bridgehead atoms. The summed E-state index contributed by atoms with van der Waals surface area (Å²) in [5, 5.41) is 10.8. The number of benzene rings is 2.